The maximum absolute atomic E-state index is 11.4. The monoisotopic (exact) mass is 255 g/mol. The van der Waals surface area contributed by atoms with E-state index in [0.29, 0.717) is 0 Å². The zero-order valence-electron chi connectivity index (χ0n) is 9.13. The largest absolute Gasteiger partial charge is 0.461 e. The summed E-state index contributed by atoms with van der Waals surface area (Å²) in [6.07, 6.45) is 0.0893. The van der Waals surface area contributed by atoms with Crippen LogP contribution in [0.1, 0.15) is 12.0 Å². The maximum Gasteiger partial charge on any atom is 0.307 e. The molecule has 0 aliphatic carbocycles. The van der Waals surface area contributed by atoms with Crippen LogP contribution in [-0.2, 0) is 26.2 Å². The van der Waals surface area contributed by atoms with E-state index in [1.54, 1.807) is 0 Å². The van der Waals surface area contributed by atoms with Crippen molar-refractivity contribution in [3.63, 3.8) is 0 Å². The van der Waals surface area contributed by atoms with Crippen LogP contribution in [0.15, 0.2) is 30.3 Å². The molecular weight excluding hydrogens is 242 g/mol. The Kier molecular flexibility index (Phi) is 3.44. The van der Waals surface area contributed by atoms with Crippen molar-refractivity contribution in [2.75, 3.05) is 5.75 Å². The average molecular weight is 255 g/mol. The fourth-order valence-corrected chi connectivity index (χ4v) is 2.80. The molecule has 0 unspecified atom stereocenters. The Hall–Kier alpha value is -1.40. The molecule has 5 nitrogen and oxygen atoms in total. The molecule has 1 aromatic carbocycles. The molecule has 0 bridgehead atoms. The first-order valence-electron chi connectivity index (χ1n) is 5.25. The van der Waals surface area contributed by atoms with Gasteiger partial charge in [0, 0.05) is 6.04 Å². The zero-order chi connectivity index (χ0) is 12.3. The van der Waals surface area contributed by atoms with Gasteiger partial charge in [-0.1, -0.05) is 30.3 Å². The molecule has 1 aliphatic rings. The van der Waals surface area contributed by atoms with Crippen LogP contribution >= 0.6 is 0 Å². The van der Waals surface area contributed by atoms with Gasteiger partial charge in [0.05, 0.1) is 12.2 Å². The Bertz CT molecular complexity index is 485. The predicted octanol–water partition coefficient (Wildman–Crippen LogP) is 0.421. The summed E-state index contributed by atoms with van der Waals surface area (Å²) in [5.74, 6) is -0.380. The van der Waals surface area contributed by atoms with Gasteiger partial charge in [-0.25, -0.2) is 13.1 Å². The lowest BCUT2D eigenvalue weighted by molar-refractivity contribution is -0.145. The van der Waals surface area contributed by atoms with Crippen LogP contribution < -0.4 is 4.72 Å². The molecular formula is C11H13NO4S. The molecule has 1 heterocycles. The molecule has 1 N–H and O–H groups in total. The third-order valence-corrected chi connectivity index (χ3v) is 3.96. The van der Waals surface area contributed by atoms with Gasteiger partial charge in [0.15, 0.2) is 0 Å². The number of rotatable bonds is 4. The summed E-state index contributed by atoms with van der Waals surface area (Å²) in [6, 6.07) is 9.03. The summed E-state index contributed by atoms with van der Waals surface area (Å²) in [5.41, 5.74) is 0.912. The summed E-state index contributed by atoms with van der Waals surface area (Å²) in [5, 5.41) is 0. The van der Waals surface area contributed by atoms with Gasteiger partial charge in [0.1, 0.15) is 6.61 Å². The Morgan fingerprint density at radius 2 is 2.00 bits per heavy atom. The molecule has 0 aromatic heterocycles. The van der Waals surface area contributed by atoms with Crippen molar-refractivity contribution in [3.05, 3.63) is 35.9 Å². The zero-order valence-corrected chi connectivity index (χ0v) is 9.94. The Labute approximate surface area is 99.8 Å². The van der Waals surface area contributed by atoms with Crippen LogP contribution in [0.25, 0.3) is 0 Å². The van der Waals surface area contributed by atoms with E-state index in [-0.39, 0.29) is 30.8 Å². The molecule has 1 saturated heterocycles. The lowest BCUT2D eigenvalue weighted by Crippen LogP contribution is -2.53. The number of hydrogen-bond donors (Lipinski definition) is 1. The number of carbonyl (C=O) groups excluding carboxylic acids is 1. The van der Waals surface area contributed by atoms with Crippen LogP contribution in [0, 0.1) is 0 Å². The van der Waals surface area contributed by atoms with Gasteiger partial charge in [-0.3, -0.25) is 4.79 Å². The van der Waals surface area contributed by atoms with Gasteiger partial charge in [-0.15, -0.1) is 0 Å². The maximum atomic E-state index is 11.4. The van der Waals surface area contributed by atoms with Crippen molar-refractivity contribution < 1.29 is 17.9 Å². The molecule has 0 saturated carbocycles. The number of hydrogen-bond acceptors (Lipinski definition) is 4. The first-order valence-corrected chi connectivity index (χ1v) is 6.90. The highest BCUT2D eigenvalue weighted by Gasteiger charge is 2.34. The summed E-state index contributed by atoms with van der Waals surface area (Å²) in [7, 11) is -3.10. The van der Waals surface area contributed by atoms with Crippen molar-refractivity contribution >= 4 is 16.0 Å². The first-order chi connectivity index (χ1) is 8.05. The smallest absolute Gasteiger partial charge is 0.307 e. The van der Waals surface area contributed by atoms with E-state index in [1.807, 2.05) is 30.3 Å². The molecule has 1 aliphatic heterocycles. The molecule has 17 heavy (non-hydrogen) atoms. The van der Waals surface area contributed by atoms with Crippen LogP contribution in [0.2, 0.25) is 0 Å². The molecule has 92 valence electrons. The van der Waals surface area contributed by atoms with Crippen molar-refractivity contribution in [2.45, 2.75) is 19.1 Å². The highest BCUT2D eigenvalue weighted by Crippen LogP contribution is 2.11. The van der Waals surface area contributed by atoms with Gasteiger partial charge in [0.2, 0.25) is 10.0 Å². The van der Waals surface area contributed by atoms with Crippen LogP contribution in [0.3, 0.4) is 0 Å². The van der Waals surface area contributed by atoms with Crippen molar-refractivity contribution in [3.8, 4) is 0 Å². The lowest BCUT2D eigenvalue weighted by atomic mass is 10.2. The van der Waals surface area contributed by atoms with E-state index in [2.05, 4.69) is 4.72 Å². The SMILES string of the molecule is O=C(C[C@H]1CS(=O)(=O)N1)OCc1ccccc1. The van der Waals surface area contributed by atoms with Crippen LogP contribution in [0.4, 0.5) is 0 Å². The van der Waals surface area contributed by atoms with Gasteiger partial charge in [0.25, 0.3) is 0 Å². The second kappa shape index (κ2) is 4.85. The molecule has 1 aromatic rings. The quantitative estimate of drug-likeness (QED) is 0.791. The number of esters is 1. The molecule has 2 rings (SSSR count). The lowest BCUT2D eigenvalue weighted by Gasteiger charge is -2.26. The highest BCUT2D eigenvalue weighted by atomic mass is 32.2. The normalized spacial score (nSPS) is 21.5. The van der Waals surface area contributed by atoms with Crippen molar-refractivity contribution in [2.24, 2.45) is 0 Å². The second-order valence-electron chi connectivity index (χ2n) is 3.95. The third kappa shape index (κ3) is 3.54. The molecule has 0 spiro atoms. The fourth-order valence-electron chi connectivity index (χ4n) is 1.60. The minimum absolute atomic E-state index is 0.00738. The van der Waals surface area contributed by atoms with Gasteiger partial charge < -0.3 is 4.74 Å². The van der Waals surface area contributed by atoms with Crippen LogP contribution in [-0.4, -0.2) is 26.2 Å². The van der Waals surface area contributed by atoms with E-state index in [9.17, 15) is 13.2 Å². The summed E-state index contributed by atoms with van der Waals surface area (Å²) in [6.45, 7) is 0.221. The van der Waals surface area contributed by atoms with Crippen LogP contribution in [0.5, 0.6) is 0 Å². The Morgan fingerprint density at radius 3 is 2.59 bits per heavy atom. The molecule has 0 radical (unpaired) electrons. The summed E-state index contributed by atoms with van der Waals surface area (Å²) in [4.78, 5) is 11.4. The van der Waals surface area contributed by atoms with E-state index in [1.165, 1.54) is 0 Å². The molecule has 0 amide bonds. The van der Waals surface area contributed by atoms with Gasteiger partial charge in [-0.2, -0.15) is 0 Å². The number of benzene rings is 1. The van der Waals surface area contributed by atoms with Gasteiger partial charge >= 0.3 is 5.97 Å². The number of nitrogens with one attached hydrogen (secondary N) is 1. The number of carbonyl (C=O) groups is 1. The van der Waals surface area contributed by atoms with E-state index >= 15 is 0 Å². The number of sulfonamides is 1. The minimum Gasteiger partial charge on any atom is -0.461 e. The summed E-state index contributed by atoms with van der Waals surface area (Å²) >= 11 is 0. The number of ether oxygens (including phenoxy) is 1. The second-order valence-corrected chi connectivity index (χ2v) is 5.75. The molecule has 6 heteroatoms. The summed E-state index contributed by atoms with van der Waals surface area (Å²) < 4.78 is 28.9. The molecule has 1 fully saturated rings. The van der Waals surface area contributed by atoms with Gasteiger partial charge in [-0.05, 0) is 5.56 Å². The van der Waals surface area contributed by atoms with Crippen molar-refractivity contribution in [1.29, 1.82) is 0 Å². The average Bonchev–Trinajstić information content (AvgIpc) is 2.25. The molecule has 1 atom stereocenters. The van der Waals surface area contributed by atoms with E-state index in [0.717, 1.165) is 5.56 Å². The Balaban J connectivity index is 1.72. The van der Waals surface area contributed by atoms with E-state index in [4.69, 9.17) is 4.74 Å². The van der Waals surface area contributed by atoms with E-state index < -0.39 is 10.0 Å². The fraction of sp³-hybridized carbons (Fsp3) is 0.364. The highest BCUT2D eigenvalue weighted by molar-refractivity contribution is 7.90. The topological polar surface area (TPSA) is 72.5 Å². The Morgan fingerprint density at radius 1 is 1.35 bits per heavy atom. The van der Waals surface area contributed by atoms with Crippen molar-refractivity contribution in [1.82, 2.24) is 4.72 Å². The predicted molar refractivity (Wildman–Crippen MR) is 61.6 cm³/mol. The standard InChI is InChI=1S/C11H13NO4S/c13-11(6-10-8-17(14,15)12-10)16-7-9-4-2-1-3-5-9/h1-5,10,12H,6-8H2/t10-/m0/s1. The first kappa shape index (κ1) is 12.1. The minimum atomic E-state index is -3.10. The third-order valence-electron chi connectivity index (χ3n) is 2.42.